The fraction of sp³-hybridized carbons (Fsp3) is 0.200. The van der Waals surface area contributed by atoms with Crippen LogP contribution in [0.25, 0.3) is 12.2 Å². The molecule has 2 rings (SSSR count). The Hall–Kier alpha value is -2.06. The number of halogens is 2. The summed E-state index contributed by atoms with van der Waals surface area (Å²) in [7, 11) is 0. The van der Waals surface area contributed by atoms with Gasteiger partial charge in [0.1, 0.15) is 23.7 Å². The third kappa shape index (κ3) is 5.48. The lowest BCUT2D eigenvalue weighted by Crippen LogP contribution is -2.53. The van der Waals surface area contributed by atoms with Crippen molar-refractivity contribution in [2.75, 3.05) is 0 Å². The highest BCUT2D eigenvalue weighted by Crippen LogP contribution is 2.30. The highest BCUT2D eigenvalue weighted by Gasteiger charge is 2.47. The molecule has 2 aromatic carbocycles. The van der Waals surface area contributed by atoms with Crippen molar-refractivity contribution in [1.82, 2.24) is 0 Å². The van der Waals surface area contributed by atoms with E-state index in [0.29, 0.717) is 16.1 Å². The quantitative estimate of drug-likeness (QED) is 0.299. The molecule has 0 heterocycles. The summed E-state index contributed by atoms with van der Waals surface area (Å²) in [5, 5.41) is 58.3. The first-order valence-corrected chi connectivity index (χ1v) is 8.95. The molecule has 0 unspecified atom stereocenters. The van der Waals surface area contributed by atoms with Crippen LogP contribution in [-0.2, 0) is 0 Å². The summed E-state index contributed by atoms with van der Waals surface area (Å²) < 4.78 is 0. The van der Waals surface area contributed by atoms with Crippen molar-refractivity contribution >= 4 is 35.4 Å². The molecule has 4 atom stereocenters. The average molecular weight is 427 g/mol. The normalized spacial score (nSPS) is 18.2. The summed E-state index contributed by atoms with van der Waals surface area (Å²) in [6.07, 6.45) is -4.16. The second kappa shape index (κ2) is 9.43. The molecule has 0 saturated heterocycles. The van der Waals surface area contributed by atoms with E-state index in [4.69, 9.17) is 23.2 Å². The van der Waals surface area contributed by atoms with E-state index in [-0.39, 0.29) is 0 Å². The van der Waals surface area contributed by atoms with Gasteiger partial charge in [-0.15, -0.1) is 0 Å². The van der Waals surface area contributed by atoms with Gasteiger partial charge in [-0.1, -0.05) is 65.7 Å². The van der Waals surface area contributed by atoms with E-state index in [0.717, 1.165) is 12.2 Å². The van der Waals surface area contributed by atoms with Gasteiger partial charge in [0, 0.05) is 5.02 Å². The molecule has 8 heteroatoms. The minimum atomic E-state index is -2.89. The van der Waals surface area contributed by atoms with Crippen LogP contribution in [0.2, 0.25) is 5.02 Å². The molecule has 2 aromatic rings. The molecule has 0 saturated carbocycles. The Morgan fingerprint density at radius 1 is 0.821 bits per heavy atom. The third-order valence-corrected chi connectivity index (χ3v) is 4.66. The zero-order chi connectivity index (χ0) is 20.9. The second-order valence-corrected chi connectivity index (χ2v) is 7.16. The van der Waals surface area contributed by atoms with Crippen molar-refractivity contribution in [2.45, 2.75) is 23.4 Å². The van der Waals surface area contributed by atoms with Crippen LogP contribution in [0.5, 0.6) is 0 Å². The third-order valence-electron chi connectivity index (χ3n) is 3.98. The summed E-state index contributed by atoms with van der Waals surface area (Å²) >= 11 is 11.6. The fourth-order valence-corrected chi connectivity index (χ4v) is 2.72. The first kappa shape index (κ1) is 22.2. The van der Waals surface area contributed by atoms with Gasteiger partial charge in [-0.25, -0.2) is 0 Å². The topological polar surface area (TPSA) is 121 Å². The van der Waals surface area contributed by atoms with Crippen LogP contribution in [0.3, 0.4) is 0 Å². The Labute approximate surface area is 171 Å². The van der Waals surface area contributed by atoms with Crippen molar-refractivity contribution in [1.29, 1.82) is 0 Å². The largest absolute Gasteiger partial charge is 0.509 e. The van der Waals surface area contributed by atoms with Crippen LogP contribution in [-0.4, -0.2) is 54.0 Å². The van der Waals surface area contributed by atoms with Gasteiger partial charge in [0.25, 0.3) is 0 Å². The Morgan fingerprint density at radius 3 is 1.89 bits per heavy atom. The summed E-state index contributed by atoms with van der Waals surface area (Å²) in [6.45, 7) is 0. The maximum Gasteiger partial charge on any atom is 0.200 e. The fourth-order valence-electron chi connectivity index (χ4n) is 2.37. The minimum absolute atomic E-state index is 0.457. The number of hydrogen-bond acceptors (Lipinski definition) is 6. The predicted octanol–water partition coefficient (Wildman–Crippen LogP) is 2.85. The van der Waals surface area contributed by atoms with E-state index < -0.39 is 34.9 Å². The van der Waals surface area contributed by atoms with E-state index in [1.54, 1.807) is 54.6 Å². The molecule has 0 aliphatic carbocycles. The number of aliphatic hydroxyl groups is 6. The lowest BCUT2D eigenvalue weighted by Gasteiger charge is -2.33. The lowest BCUT2D eigenvalue weighted by atomic mass is 9.98. The second-order valence-electron chi connectivity index (χ2n) is 6.12. The van der Waals surface area contributed by atoms with E-state index >= 15 is 0 Å². The van der Waals surface area contributed by atoms with Gasteiger partial charge in [-0.05, 0) is 35.4 Å². The highest BCUT2D eigenvalue weighted by molar-refractivity contribution is 6.30. The zero-order valence-corrected chi connectivity index (χ0v) is 16.0. The van der Waals surface area contributed by atoms with Gasteiger partial charge < -0.3 is 30.6 Å². The number of alkyl halides is 1. The van der Waals surface area contributed by atoms with Crippen molar-refractivity contribution in [2.24, 2.45) is 0 Å². The van der Waals surface area contributed by atoms with Gasteiger partial charge >= 0.3 is 0 Å². The van der Waals surface area contributed by atoms with Gasteiger partial charge in [-0.2, -0.15) is 0 Å². The van der Waals surface area contributed by atoms with Crippen molar-refractivity contribution < 1.29 is 30.6 Å². The number of rotatable bonds is 7. The molecule has 0 spiro atoms. The van der Waals surface area contributed by atoms with Gasteiger partial charge in [-0.3, -0.25) is 0 Å². The summed E-state index contributed by atoms with van der Waals surface area (Å²) in [5.41, 5.74) is 0.964. The van der Waals surface area contributed by atoms with Gasteiger partial charge in [0.15, 0.2) is 6.10 Å². The first-order chi connectivity index (χ1) is 13.1. The summed E-state index contributed by atoms with van der Waals surface area (Å²) in [6, 6.07) is 14.6. The molecule has 0 radical (unpaired) electrons. The van der Waals surface area contributed by atoms with Crippen molar-refractivity contribution in [3.63, 3.8) is 0 Å². The SMILES string of the molecule is OC(=Cc1ccccc1)[C@@H](O)[C@](O)(Cl)[C@H](O)[C@@H](O)C(O)=Cc1ccc(Cl)cc1. The van der Waals surface area contributed by atoms with Crippen molar-refractivity contribution in [3.8, 4) is 0 Å². The Kier molecular flexibility index (Phi) is 7.48. The number of hydrogen-bond donors (Lipinski definition) is 6. The maximum atomic E-state index is 10.3. The Bertz CT molecular complexity index is 834. The average Bonchev–Trinajstić information content (AvgIpc) is 2.68. The molecule has 0 bridgehead atoms. The minimum Gasteiger partial charge on any atom is -0.509 e. The lowest BCUT2D eigenvalue weighted by molar-refractivity contribution is -0.125. The molecule has 0 fully saturated rings. The predicted molar refractivity (Wildman–Crippen MR) is 108 cm³/mol. The molecule has 0 aliphatic heterocycles. The molecule has 28 heavy (non-hydrogen) atoms. The molecule has 0 aromatic heterocycles. The molecular weight excluding hydrogens is 407 g/mol. The Balaban J connectivity index is 2.18. The molecular formula is C20H20Cl2O6. The standard InChI is InChI=1S/C20H20Cl2O6/c21-14-8-6-13(7-9-14)10-15(23)17(25)19(27)20(22,28)18(26)16(24)11-12-4-2-1-3-5-12/h1-11,17-19,23-28H/t17-,18+,19+,20+/m0/s1. The van der Waals surface area contributed by atoms with Crippen LogP contribution < -0.4 is 0 Å². The molecule has 150 valence electrons. The summed E-state index contributed by atoms with van der Waals surface area (Å²) in [4.78, 5) is 0. The monoisotopic (exact) mass is 426 g/mol. The van der Waals surface area contributed by atoms with E-state index in [1.807, 2.05) is 0 Å². The zero-order valence-electron chi connectivity index (χ0n) is 14.5. The highest BCUT2D eigenvalue weighted by atomic mass is 35.5. The molecule has 0 aliphatic rings. The van der Waals surface area contributed by atoms with Gasteiger partial charge in [0.2, 0.25) is 5.06 Å². The smallest absolute Gasteiger partial charge is 0.200 e. The van der Waals surface area contributed by atoms with E-state index in [1.165, 1.54) is 0 Å². The Morgan fingerprint density at radius 2 is 1.32 bits per heavy atom. The van der Waals surface area contributed by atoms with Crippen LogP contribution in [0.4, 0.5) is 0 Å². The van der Waals surface area contributed by atoms with Crippen molar-refractivity contribution in [3.05, 3.63) is 82.3 Å². The van der Waals surface area contributed by atoms with E-state index in [2.05, 4.69) is 0 Å². The number of benzene rings is 2. The van der Waals surface area contributed by atoms with Crippen LogP contribution in [0, 0.1) is 0 Å². The summed E-state index contributed by atoms with van der Waals surface area (Å²) in [5.74, 6) is -1.45. The molecule has 6 nitrogen and oxygen atoms in total. The van der Waals surface area contributed by atoms with Crippen LogP contribution >= 0.6 is 23.2 Å². The van der Waals surface area contributed by atoms with Crippen LogP contribution in [0.15, 0.2) is 66.1 Å². The maximum absolute atomic E-state index is 10.3. The van der Waals surface area contributed by atoms with Gasteiger partial charge in [0.05, 0.1) is 0 Å². The first-order valence-electron chi connectivity index (χ1n) is 8.20. The molecule has 0 amide bonds. The number of aliphatic hydroxyl groups excluding tert-OH is 5. The van der Waals surface area contributed by atoms with E-state index in [9.17, 15) is 30.6 Å². The molecule has 6 N–H and O–H groups in total. The van der Waals surface area contributed by atoms with Crippen LogP contribution in [0.1, 0.15) is 11.1 Å².